The maximum absolute atomic E-state index is 0. The fourth-order valence-corrected chi connectivity index (χ4v) is 0. The molecule has 0 aromatic carbocycles. The van der Waals surface area contributed by atoms with Gasteiger partial charge in [-0.15, -0.1) is 0 Å². The van der Waals surface area contributed by atoms with E-state index in [9.17, 15) is 0 Å². The van der Waals surface area contributed by atoms with Crippen LogP contribution in [-0.2, 0) is 134 Å². The topological polar surface area (TPSA) is 85.5 Å². The Kier molecular flexibility index (Phi) is 525. The van der Waals surface area contributed by atoms with Crippen LogP contribution >= 0.6 is 0 Å². The SMILES string of the molecule is [Ce].[Ce].[O-2].[O-2].[O-2].[Y+3].[Y+3].[Zr].[Zr]. The van der Waals surface area contributed by atoms with Crippen LogP contribution in [0, 0.1) is 83.5 Å². The molecule has 0 radical (unpaired) electrons. The molecule has 0 unspecified atom stereocenters. The van der Waals surface area contributed by atoms with E-state index in [1.165, 1.54) is 0 Å². The molecule has 0 saturated heterocycles. The van der Waals surface area contributed by atoms with E-state index in [2.05, 4.69) is 0 Å². The molecule has 0 atom stereocenters. The minimum Gasteiger partial charge on any atom is -2.00 e. The second-order valence-corrected chi connectivity index (χ2v) is 0. The molecule has 0 bridgehead atoms. The molecule has 0 heterocycles. The van der Waals surface area contributed by atoms with Gasteiger partial charge in [0, 0.05) is 136 Å². The van der Waals surface area contributed by atoms with Crippen LogP contribution in [0.4, 0.5) is 0 Å². The van der Waals surface area contributed by atoms with Gasteiger partial charge < -0.3 is 16.4 Å². The molecule has 0 saturated carbocycles. The van der Waals surface area contributed by atoms with Crippen molar-refractivity contribution in [3.63, 3.8) is 0 Å². The third kappa shape index (κ3) is 53.2. The smallest absolute Gasteiger partial charge is 2.00 e. The number of rotatable bonds is 0. The van der Waals surface area contributed by atoms with Crippen LogP contribution in [-0.4, -0.2) is 0 Å². The molecule has 0 rings (SSSR count). The minimum atomic E-state index is 0. The van der Waals surface area contributed by atoms with E-state index in [4.69, 9.17) is 0 Å². The van der Waals surface area contributed by atoms with Gasteiger partial charge in [0.2, 0.25) is 0 Å². The third-order valence-corrected chi connectivity index (χ3v) is 0. The van der Waals surface area contributed by atoms with Gasteiger partial charge in [0.15, 0.2) is 0 Å². The predicted octanol–water partition coefficient (Wildman–Crippen LogP) is -0.366. The molecule has 0 aliphatic heterocycles. The second-order valence-electron chi connectivity index (χ2n) is 0. The van der Waals surface area contributed by atoms with E-state index >= 15 is 0 Å². The summed E-state index contributed by atoms with van der Waals surface area (Å²) in [5, 5.41) is 0. The van der Waals surface area contributed by atoms with Crippen molar-refractivity contribution in [3.8, 4) is 0 Å². The Morgan fingerprint density at radius 1 is 0.444 bits per heavy atom. The number of hydrogen-bond donors (Lipinski definition) is 0. The average molecular weight is 688 g/mol. The molecule has 0 aliphatic carbocycles. The maximum atomic E-state index is 0. The van der Waals surface area contributed by atoms with Crippen molar-refractivity contribution >= 4 is 0 Å². The van der Waals surface area contributed by atoms with E-state index in [1.807, 2.05) is 0 Å². The van der Waals surface area contributed by atoms with Gasteiger partial charge >= 0.3 is 65.4 Å². The molecule has 9 heavy (non-hydrogen) atoms. The zero-order valence-electron chi connectivity index (χ0n) is 4.38. The van der Waals surface area contributed by atoms with Crippen molar-refractivity contribution in [2.45, 2.75) is 0 Å². The summed E-state index contributed by atoms with van der Waals surface area (Å²) in [7, 11) is 0. The van der Waals surface area contributed by atoms with Crippen LogP contribution < -0.4 is 0 Å². The maximum Gasteiger partial charge on any atom is 3.00 e. The molecule has 0 N–H and O–H groups in total. The number of hydrogen-bond acceptors (Lipinski definition) is 0. The Balaban J connectivity index is 0. The van der Waals surface area contributed by atoms with Gasteiger partial charge in [-0.3, -0.25) is 0 Å². The molecular weight excluding hydrogens is 688 g/mol. The Labute approximate surface area is 211 Å². The van der Waals surface area contributed by atoms with E-state index < -0.39 is 0 Å². The summed E-state index contributed by atoms with van der Waals surface area (Å²) in [6.45, 7) is 0. The van der Waals surface area contributed by atoms with Crippen molar-refractivity contribution < 1.29 is 218 Å². The summed E-state index contributed by atoms with van der Waals surface area (Å²) >= 11 is 0. The summed E-state index contributed by atoms with van der Waals surface area (Å²) in [5.41, 5.74) is 0. The molecule has 9 heteroatoms. The summed E-state index contributed by atoms with van der Waals surface area (Å²) in [6, 6.07) is 0. The largest absolute Gasteiger partial charge is 3.00 e. The quantitative estimate of drug-likeness (QED) is 0.333. The average Bonchev–Trinajstić information content (AvgIpc) is 0. The predicted molar refractivity (Wildman–Crippen MR) is 2.06 cm³/mol. The minimum absolute atomic E-state index is 0. The first-order valence-electron chi connectivity index (χ1n) is 0. The van der Waals surface area contributed by atoms with Crippen molar-refractivity contribution in [3.05, 3.63) is 0 Å². The van der Waals surface area contributed by atoms with Crippen LogP contribution in [0.25, 0.3) is 0 Å². The molecule has 0 amide bonds. The zero-order valence-corrected chi connectivity index (χ0v) is 21.3. The van der Waals surface area contributed by atoms with Crippen LogP contribution in [0.1, 0.15) is 0 Å². The Hall–Kier alpha value is 6.61. The summed E-state index contributed by atoms with van der Waals surface area (Å²) in [4.78, 5) is 0. The van der Waals surface area contributed by atoms with E-state index in [0.717, 1.165) is 0 Å². The van der Waals surface area contributed by atoms with Crippen LogP contribution in [0.2, 0.25) is 0 Å². The van der Waals surface area contributed by atoms with Crippen LogP contribution in [0.15, 0.2) is 0 Å². The molecule has 40 valence electrons. The van der Waals surface area contributed by atoms with Crippen LogP contribution in [0.3, 0.4) is 0 Å². The molecule has 3 nitrogen and oxygen atoms in total. The van der Waals surface area contributed by atoms with Crippen molar-refractivity contribution in [1.29, 1.82) is 0 Å². The van der Waals surface area contributed by atoms with E-state index in [-0.39, 0.29) is 218 Å². The molecule has 0 aromatic heterocycles. The van der Waals surface area contributed by atoms with Gasteiger partial charge in [0.25, 0.3) is 0 Å². The fourth-order valence-electron chi connectivity index (χ4n) is 0. The van der Waals surface area contributed by atoms with Gasteiger partial charge in [0.1, 0.15) is 0 Å². The van der Waals surface area contributed by atoms with Gasteiger partial charge in [-0.1, -0.05) is 0 Å². The Morgan fingerprint density at radius 2 is 0.444 bits per heavy atom. The Morgan fingerprint density at radius 3 is 0.444 bits per heavy atom. The van der Waals surface area contributed by atoms with Gasteiger partial charge in [-0.25, -0.2) is 0 Å². The van der Waals surface area contributed by atoms with Gasteiger partial charge in [0.05, 0.1) is 0 Å². The van der Waals surface area contributed by atoms with E-state index in [1.54, 1.807) is 0 Å². The third-order valence-electron chi connectivity index (χ3n) is 0. The summed E-state index contributed by atoms with van der Waals surface area (Å²) in [5.74, 6) is 0. The van der Waals surface area contributed by atoms with Gasteiger partial charge in [-0.2, -0.15) is 0 Å². The van der Waals surface area contributed by atoms with Gasteiger partial charge in [-0.05, 0) is 0 Å². The monoisotopic (exact) mass is 685 g/mol. The first kappa shape index (κ1) is 76.3. The summed E-state index contributed by atoms with van der Waals surface area (Å²) in [6.07, 6.45) is 0. The molecule has 0 aromatic rings. The normalized spacial score (nSPS) is 0. The van der Waals surface area contributed by atoms with Crippen molar-refractivity contribution in [2.24, 2.45) is 0 Å². The second kappa shape index (κ2) is 62.0. The van der Waals surface area contributed by atoms with E-state index in [0.29, 0.717) is 0 Å². The first-order chi connectivity index (χ1) is 0. The molecule has 0 aliphatic rings. The van der Waals surface area contributed by atoms with Crippen molar-refractivity contribution in [1.82, 2.24) is 0 Å². The standard InChI is InChI=1S/2Ce.3O.2Y.2Zr/q;;3*-2;2*+3;;. The molecule has 0 spiro atoms. The fraction of sp³-hybridized carbons (Fsp3) is 0. The Bertz CT molecular complexity index is 17.8. The van der Waals surface area contributed by atoms with Crippen molar-refractivity contribution in [2.75, 3.05) is 0 Å². The summed E-state index contributed by atoms with van der Waals surface area (Å²) < 4.78 is 0. The first-order valence-corrected chi connectivity index (χ1v) is 0. The molecular formula is Ce2O3Y2Zr2. The van der Waals surface area contributed by atoms with Crippen LogP contribution in [0.5, 0.6) is 0 Å². The molecule has 0 fully saturated rings. The zero-order chi connectivity index (χ0) is 0.